The van der Waals surface area contributed by atoms with Gasteiger partial charge in [-0.05, 0) is 30.9 Å². The van der Waals surface area contributed by atoms with Crippen molar-refractivity contribution in [1.82, 2.24) is 14.0 Å². The van der Waals surface area contributed by atoms with Crippen molar-refractivity contribution in [3.63, 3.8) is 0 Å². The van der Waals surface area contributed by atoms with Gasteiger partial charge in [0.15, 0.2) is 5.78 Å². The molecule has 0 spiro atoms. The van der Waals surface area contributed by atoms with Crippen LogP contribution in [0.4, 0.5) is 5.82 Å². The maximum absolute atomic E-state index is 12.9. The van der Waals surface area contributed by atoms with Gasteiger partial charge in [0.05, 0.1) is 13.1 Å². The summed E-state index contributed by atoms with van der Waals surface area (Å²) in [6, 6.07) is 9.34. The van der Waals surface area contributed by atoms with Crippen LogP contribution in [-0.2, 0) is 13.6 Å². The minimum absolute atomic E-state index is 0.0537. The number of hydrogen-bond acceptors (Lipinski definition) is 5. The van der Waals surface area contributed by atoms with Crippen LogP contribution in [-0.4, -0.2) is 39.5 Å². The van der Waals surface area contributed by atoms with E-state index in [2.05, 4.69) is 11.8 Å². The highest BCUT2D eigenvalue weighted by Gasteiger charge is 2.25. The largest absolute Gasteiger partial charge is 0.384 e. The Hall–Kier alpha value is -2.67. The number of nitrogens with zero attached hydrogens (tertiary/aromatic N) is 3. The normalized spacial score (nSPS) is 17.8. The van der Waals surface area contributed by atoms with E-state index in [1.54, 1.807) is 0 Å². The standard InChI is InChI=1S/C20H26N4O3/c1-14-7-6-10-23(11-14)13-16(25)17-18(21)24(20(27)22(2)19(17)26)12-15-8-4-3-5-9-15/h3-5,8-9,14H,6-7,10-13,21H2,1-2H3. The van der Waals surface area contributed by atoms with E-state index in [9.17, 15) is 14.4 Å². The van der Waals surface area contributed by atoms with Crippen LogP contribution in [0.3, 0.4) is 0 Å². The topological polar surface area (TPSA) is 90.3 Å². The molecule has 1 aromatic heterocycles. The second-order valence-corrected chi connectivity index (χ2v) is 7.38. The molecule has 27 heavy (non-hydrogen) atoms. The van der Waals surface area contributed by atoms with Crippen LogP contribution in [0, 0.1) is 5.92 Å². The van der Waals surface area contributed by atoms with E-state index >= 15 is 0 Å². The van der Waals surface area contributed by atoms with E-state index in [0.29, 0.717) is 5.92 Å². The summed E-state index contributed by atoms with van der Waals surface area (Å²) in [6.45, 7) is 4.17. The molecule has 144 valence electrons. The number of benzene rings is 1. The monoisotopic (exact) mass is 370 g/mol. The molecule has 0 aliphatic carbocycles. The summed E-state index contributed by atoms with van der Waals surface area (Å²) in [5.41, 5.74) is 5.77. The lowest BCUT2D eigenvalue weighted by Crippen LogP contribution is -2.45. The van der Waals surface area contributed by atoms with E-state index in [1.807, 2.05) is 30.3 Å². The number of carbonyl (C=O) groups is 1. The van der Waals surface area contributed by atoms with Crippen molar-refractivity contribution in [1.29, 1.82) is 0 Å². The summed E-state index contributed by atoms with van der Waals surface area (Å²) < 4.78 is 2.26. The molecule has 7 nitrogen and oxygen atoms in total. The van der Waals surface area contributed by atoms with Crippen LogP contribution < -0.4 is 17.0 Å². The van der Waals surface area contributed by atoms with Crippen molar-refractivity contribution >= 4 is 11.6 Å². The van der Waals surface area contributed by atoms with Gasteiger partial charge < -0.3 is 5.73 Å². The molecule has 1 saturated heterocycles. The first kappa shape index (κ1) is 19.1. The zero-order valence-corrected chi connectivity index (χ0v) is 15.9. The molecule has 1 atom stereocenters. The molecule has 1 unspecified atom stereocenters. The predicted octanol–water partition coefficient (Wildman–Crippen LogP) is 1.09. The molecule has 1 fully saturated rings. The molecule has 0 bridgehead atoms. The molecule has 1 aliphatic rings. The van der Waals surface area contributed by atoms with Crippen molar-refractivity contribution in [3.05, 3.63) is 62.3 Å². The summed E-state index contributed by atoms with van der Waals surface area (Å²) in [5, 5.41) is 0. The number of ketones is 1. The maximum Gasteiger partial charge on any atom is 0.332 e. The Morgan fingerprint density at radius 2 is 1.93 bits per heavy atom. The first-order chi connectivity index (χ1) is 12.9. The lowest BCUT2D eigenvalue weighted by atomic mass is 10.00. The summed E-state index contributed by atoms with van der Waals surface area (Å²) in [4.78, 5) is 40.1. The number of nitrogen functional groups attached to an aromatic ring is 1. The molecular weight excluding hydrogens is 344 g/mol. The number of piperidine rings is 1. The van der Waals surface area contributed by atoms with Gasteiger partial charge in [0.1, 0.15) is 11.4 Å². The Labute approximate surface area is 158 Å². The molecule has 3 rings (SSSR count). The second-order valence-electron chi connectivity index (χ2n) is 7.38. The van der Waals surface area contributed by atoms with Crippen molar-refractivity contribution < 1.29 is 4.79 Å². The highest BCUT2D eigenvalue weighted by molar-refractivity contribution is 6.01. The van der Waals surface area contributed by atoms with Gasteiger partial charge in [-0.15, -0.1) is 0 Å². The van der Waals surface area contributed by atoms with E-state index in [-0.39, 0.29) is 30.3 Å². The van der Waals surface area contributed by atoms with Gasteiger partial charge in [0.25, 0.3) is 5.56 Å². The van der Waals surface area contributed by atoms with Crippen LogP contribution in [0.2, 0.25) is 0 Å². The first-order valence-electron chi connectivity index (χ1n) is 9.27. The third-order valence-electron chi connectivity index (χ3n) is 5.15. The van der Waals surface area contributed by atoms with Crippen molar-refractivity contribution in [3.8, 4) is 0 Å². The maximum atomic E-state index is 12.9. The molecule has 2 heterocycles. The van der Waals surface area contributed by atoms with Crippen molar-refractivity contribution in [2.45, 2.75) is 26.3 Å². The summed E-state index contributed by atoms with van der Waals surface area (Å²) in [5.74, 6) is 0.143. The zero-order valence-electron chi connectivity index (χ0n) is 15.9. The summed E-state index contributed by atoms with van der Waals surface area (Å²) in [6.07, 6.45) is 2.19. The van der Waals surface area contributed by atoms with E-state index in [0.717, 1.165) is 36.1 Å². The first-order valence-corrected chi connectivity index (χ1v) is 9.27. The number of carbonyl (C=O) groups excluding carboxylic acids is 1. The average Bonchev–Trinajstić information content (AvgIpc) is 2.64. The number of likely N-dealkylation sites (tertiary alicyclic amines) is 1. The number of aromatic nitrogens is 2. The Bertz CT molecular complexity index is 946. The van der Waals surface area contributed by atoms with Crippen LogP contribution >= 0.6 is 0 Å². The summed E-state index contributed by atoms with van der Waals surface area (Å²) >= 11 is 0. The van der Waals surface area contributed by atoms with Crippen molar-refractivity contribution in [2.24, 2.45) is 13.0 Å². The second kappa shape index (κ2) is 7.92. The molecule has 1 aromatic carbocycles. The van der Waals surface area contributed by atoms with Gasteiger partial charge in [-0.25, -0.2) is 4.79 Å². The molecule has 2 aromatic rings. The van der Waals surface area contributed by atoms with Crippen LogP contribution in [0.15, 0.2) is 39.9 Å². The van der Waals surface area contributed by atoms with Gasteiger partial charge in [0, 0.05) is 13.6 Å². The molecule has 7 heteroatoms. The average molecular weight is 370 g/mol. The minimum Gasteiger partial charge on any atom is -0.384 e. The number of hydrogen-bond donors (Lipinski definition) is 1. The smallest absolute Gasteiger partial charge is 0.332 e. The highest BCUT2D eigenvalue weighted by atomic mass is 16.2. The zero-order chi connectivity index (χ0) is 19.6. The van der Waals surface area contributed by atoms with E-state index < -0.39 is 11.2 Å². The van der Waals surface area contributed by atoms with Gasteiger partial charge in [-0.1, -0.05) is 37.3 Å². The number of Topliss-reactive ketones (excluding diaryl/α,β-unsaturated/α-hetero) is 1. The van der Waals surface area contributed by atoms with Crippen LogP contribution in [0.5, 0.6) is 0 Å². The third kappa shape index (κ3) is 4.03. The van der Waals surface area contributed by atoms with Gasteiger partial charge >= 0.3 is 5.69 Å². The van der Waals surface area contributed by atoms with E-state index in [1.165, 1.54) is 11.6 Å². The van der Waals surface area contributed by atoms with Crippen LogP contribution in [0.1, 0.15) is 35.7 Å². The van der Waals surface area contributed by atoms with E-state index in [4.69, 9.17) is 5.73 Å². The Kier molecular flexibility index (Phi) is 5.60. The van der Waals surface area contributed by atoms with Gasteiger partial charge in [-0.2, -0.15) is 0 Å². The SMILES string of the molecule is CC1CCCN(CC(=O)c2c(N)n(Cc3ccccc3)c(=O)n(C)c2=O)C1. The molecule has 1 aliphatic heterocycles. The summed E-state index contributed by atoms with van der Waals surface area (Å²) in [7, 11) is 1.38. The number of nitrogens with two attached hydrogens (primary N) is 1. The quantitative estimate of drug-likeness (QED) is 0.796. The fourth-order valence-corrected chi connectivity index (χ4v) is 3.68. The Morgan fingerprint density at radius 1 is 1.22 bits per heavy atom. The molecule has 0 radical (unpaired) electrons. The lowest BCUT2D eigenvalue weighted by molar-refractivity contribution is 0.0891. The fourth-order valence-electron chi connectivity index (χ4n) is 3.68. The number of anilines is 1. The number of rotatable bonds is 5. The van der Waals surface area contributed by atoms with Crippen LogP contribution in [0.25, 0.3) is 0 Å². The molecule has 0 amide bonds. The minimum atomic E-state index is -0.628. The lowest BCUT2D eigenvalue weighted by Gasteiger charge is -2.30. The molecule has 0 saturated carbocycles. The highest BCUT2D eigenvalue weighted by Crippen LogP contribution is 2.16. The van der Waals surface area contributed by atoms with Gasteiger partial charge in [-0.3, -0.25) is 23.6 Å². The Morgan fingerprint density at radius 3 is 2.59 bits per heavy atom. The predicted molar refractivity (Wildman–Crippen MR) is 105 cm³/mol. The van der Waals surface area contributed by atoms with Gasteiger partial charge in [0.2, 0.25) is 0 Å². The Balaban J connectivity index is 1.96. The third-order valence-corrected chi connectivity index (χ3v) is 5.15. The van der Waals surface area contributed by atoms with Crippen molar-refractivity contribution in [2.75, 3.05) is 25.4 Å². The molecular formula is C20H26N4O3. The molecule has 2 N–H and O–H groups in total. The fraction of sp³-hybridized carbons (Fsp3) is 0.450.